The number of nitrogens with zero attached hydrogens (tertiary/aromatic N) is 2. The lowest BCUT2D eigenvalue weighted by Crippen LogP contribution is -2.35. The smallest absolute Gasteiger partial charge is 0.242 e. The van der Waals surface area contributed by atoms with Crippen molar-refractivity contribution in [3.8, 4) is 0 Å². The third-order valence-electron chi connectivity index (χ3n) is 2.45. The molecule has 1 heterocycles. The Kier molecular flexibility index (Phi) is 4.90. The van der Waals surface area contributed by atoms with E-state index in [1.807, 2.05) is 32.0 Å². The lowest BCUT2D eigenvalue weighted by atomic mass is 10.2. The average molecular weight is 236 g/mol. The van der Waals surface area contributed by atoms with Gasteiger partial charge in [-0.2, -0.15) is 0 Å². The third-order valence-corrected chi connectivity index (χ3v) is 2.45. The lowest BCUT2D eigenvalue weighted by Gasteiger charge is -2.13. The summed E-state index contributed by atoms with van der Waals surface area (Å²) in [4.78, 5) is 17.7. The molecule has 0 spiro atoms. The number of hydrogen-bond acceptors (Lipinski definition) is 4. The van der Waals surface area contributed by atoms with Gasteiger partial charge in [-0.25, -0.2) is 4.98 Å². The summed E-state index contributed by atoms with van der Waals surface area (Å²) in [6.45, 7) is 2.00. The van der Waals surface area contributed by atoms with Crippen molar-refractivity contribution < 1.29 is 4.79 Å². The van der Waals surface area contributed by atoms with Gasteiger partial charge in [-0.05, 0) is 18.6 Å². The van der Waals surface area contributed by atoms with Gasteiger partial charge in [-0.15, -0.1) is 0 Å². The Labute approximate surface area is 102 Å². The second-order valence-electron chi connectivity index (χ2n) is 4.18. The Bertz CT molecular complexity index is 361. The molecule has 1 aromatic heterocycles. The van der Waals surface area contributed by atoms with Crippen LogP contribution in [-0.2, 0) is 4.79 Å². The molecular weight excluding hydrogens is 216 g/mol. The van der Waals surface area contributed by atoms with Crippen LogP contribution in [0.5, 0.6) is 0 Å². The van der Waals surface area contributed by atoms with Crippen LogP contribution < -0.4 is 16.0 Å². The minimum Gasteiger partial charge on any atom is -0.376 e. The van der Waals surface area contributed by atoms with Crippen LogP contribution >= 0.6 is 0 Å². The minimum absolute atomic E-state index is 0.183. The highest BCUT2D eigenvalue weighted by Crippen LogP contribution is 2.12. The molecule has 1 unspecified atom stereocenters. The standard InChI is InChI=1S/C12H20N4O/c1-4-5-10(13)12(17)15-11-7-6-9(8-14-11)16(2)3/h6-8,10H,4-5,13H2,1-3H3,(H,14,15,17). The topological polar surface area (TPSA) is 71.2 Å². The first kappa shape index (κ1) is 13.4. The average Bonchev–Trinajstić information content (AvgIpc) is 2.30. The second-order valence-corrected chi connectivity index (χ2v) is 4.18. The van der Waals surface area contributed by atoms with E-state index in [1.165, 1.54) is 0 Å². The van der Waals surface area contributed by atoms with Crippen LogP contribution in [0, 0.1) is 0 Å². The Morgan fingerprint density at radius 3 is 2.71 bits per heavy atom. The van der Waals surface area contributed by atoms with E-state index in [0.717, 1.165) is 12.1 Å². The molecule has 1 amide bonds. The predicted molar refractivity (Wildman–Crippen MR) is 70.1 cm³/mol. The Morgan fingerprint density at radius 1 is 1.53 bits per heavy atom. The van der Waals surface area contributed by atoms with Gasteiger partial charge < -0.3 is 16.0 Å². The van der Waals surface area contributed by atoms with Gasteiger partial charge in [0.2, 0.25) is 5.91 Å². The van der Waals surface area contributed by atoms with E-state index >= 15 is 0 Å². The van der Waals surface area contributed by atoms with Crippen molar-refractivity contribution in [3.63, 3.8) is 0 Å². The van der Waals surface area contributed by atoms with Crippen molar-refractivity contribution in [2.24, 2.45) is 5.73 Å². The van der Waals surface area contributed by atoms with Gasteiger partial charge in [0.1, 0.15) is 5.82 Å². The van der Waals surface area contributed by atoms with Crippen LogP contribution in [0.25, 0.3) is 0 Å². The molecule has 0 aliphatic heterocycles. The van der Waals surface area contributed by atoms with Crippen LogP contribution in [0.3, 0.4) is 0 Å². The molecule has 0 fully saturated rings. The van der Waals surface area contributed by atoms with Gasteiger partial charge in [0, 0.05) is 14.1 Å². The molecule has 94 valence electrons. The maximum atomic E-state index is 11.6. The van der Waals surface area contributed by atoms with Gasteiger partial charge in [-0.3, -0.25) is 4.79 Å². The number of rotatable bonds is 5. The number of anilines is 2. The number of nitrogens with one attached hydrogen (secondary N) is 1. The first-order valence-corrected chi connectivity index (χ1v) is 5.74. The van der Waals surface area contributed by atoms with Gasteiger partial charge in [-0.1, -0.05) is 13.3 Å². The summed E-state index contributed by atoms with van der Waals surface area (Å²) in [5.74, 6) is 0.351. The van der Waals surface area contributed by atoms with Crippen LogP contribution in [0.1, 0.15) is 19.8 Å². The highest BCUT2D eigenvalue weighted by molar-refractivity contribution is 5.93. The molecule has 0 bridgehead atoms. The van der Waals surface area contributed by atoms with E-state index in [0.29, 0.717) is 12.2 Å². The number of hydrogen-bond donors (Lipinski definition) is 2. The number of pyridine rings is 1. The third kappa shape index (κ3) is 4.03. The molecule has 1 rings (SSSR count). The zero-order chi connectivity index (χ0) is 12.8. The summed E-state index contributed by atoms with van der Waals surface area (Å²) in [7, 11) is 3.87. The van der Waals surface area contributed by atoms with Crippen LogP contribution in [0.15, 0.2) is 18.3 Å². The van der Waals surface area contributed by atoms with E-state index in [-0.39, 0.29) is 5.91 Å². The van der Waals surface area contributed by atoms with Gasteiger partial charge in [0.05, 0.1) is 17.9 Å². The van der Waals surface area contributed by atoms with E-state index in [9.17, 15) is 4.79 Å². The number of amides is 1. The van der Waals surface area contributed by atoms with Crippen LogP contribution in [0.2, 0.25) is 0 Å². The zero-order valence-electron chi connectivity index (χ0n) is 10.6. The first-order valence-electron chi connectivity index (χ1n) is 5.74. The Hall–Kier alpha value is -1.62. The molecule has 5 nitrogen and oxygen atoms in total. The highest BCUT2D eigenvalue weighted by Gasteiger charge is 2.12. The highest BCUT2D eigenvalue weighted by atomic mass is 16.2. The Morgan fingerprint density at radius 2 is 2.24 bits per heavy atom. The van der Waals surface area contributed by atoms with E-state index < -0.39 is 6.04 Å². The summed E-state index contributed by atoms with van der Waals surface area (Å²) in [5.41, 5.74) is 6.69. The fourth-order valence-electron chi connectivity index (χ4n) is 1.39. The normalized spacial score (nSPS) is 12.0. The molecule has 1 atom stereocenters. The number of carbonyl (C=O) groups is 1. The number of nitrogens with two attached hydrogens (primary N) is 1. The molecule has 3 N–H and O–H groups in total. The maximum absolute atomic E-state index is 11.6. The molecule has 17 heavy (non-hydrogen) atoms. The number of aromatic nitrogens is 1. The molecule has 0 saturated heterocycles. The van der Waals surface area contributed by atoms with Gasteiger partial charge >= 0.3 is 0 Å². The van der Waals surface area contributed by atoms with Crippen molar-refractivity contribution in [2.75, 3.05) is 24.3 Å². The lowest BCUT2D eigenvalue weighted by molar-refractivity contribution is -0.117. The summed E-state index contributed by atoms with van der Waals surface area (Å²) in [6, 6.07) is 3.20. The van der Waals surface area contributed by atoms with Crippen molar-refractivity contribution in [2.45, 2.75) is 25.8 Å². The van der Waals surface area contributed by atoms with Crippen LogP contribution in [-0.4, -0.2) is 31.0 Å². The van der Waals surface area contributed by atoms with Gasteiger partial charge in [0.25, 0.3) is 0 Å². The molecule has 1 aromatic rings. The quantitative estimate of drug-likeness (QED) is 0.806. The SMILES string of the molecule is CCCC(N)C(=O)Nc1ccc(N(C)C)cn1. The number of carbonyl (C=O) groups excluding carboxylic acids is 1. The molecule has 5 heteroatoms. The van der Waals surface area contributed by atoms with Crippen molar-refractivity contribution in [3.05, 3.63) is 18.3 Å². The summed E-state index contributed by atoms with van der Waals surface area (Å²) in [6.07, 6.45) is 3.28. The summed E-state index contributed by atoms with van der Waals surface area (Å²) in [5, 5.41) is 2.70. The predicted octanol–water partition coefficient (Wildman–Crippen LogP) is 1.21. The largest absolute Gasteiger partial charge is 0.376 e. The van der Waals surface area contributed by atoms with Crippen molar-refractivity contribution in [1.82, 2.24) is 4.98 Å². The van der Waals surface area contributed by atoms with E-state index in [4.69, 9.17) is 5.73 Å². The maximum Gasteiger partial charge on any atom is 0.242 e. The summed E-state index contributed by atoms with van der Waals surface area (Å²) < 4.78 is 0. The molecular formula is C12H20N4O. The minimum atomic E-state index is -0.463. The summed E-state index contributed by atoms with van der Waals surface area (Å²) >= 11 is 0. The first-order chi connectivity index (χ1) is 8.04. The Balaban J connectivity index is 2.60. The van der Waals surface area contributed by atoms with E-state index in [2.05, 4.69) is 10.3 Å². The molecule has 0 saturated carbocycles. The van der Waals surface area contributed by atoms with Crippen LogP contribution in [0.4, 0.5) is 11.5 Å². The second kappa shape index (κ2) is 6.20. The van der Waals surface area contributed by atoms with Crippen molar-refractivity contribution >= 4 is 17.4 Å². The monoisotopic (exact) mass is 236 g/mol. The van der Waals surface area contributed by atoms with E-state index in [1.54, 1.807) is 12.3 Å². The van der Waals surface area contributed by atoms with Gasteiger partial charge in [0.15, 0.2) is 0 Å². The molecule has 0 aliphatic rings. The molecule has 0 aromatic carbocycles. The van der Waals surface area contributed by atoms with Crippen molar-refractivity contribution in [1.29, 1.82) is 0 Å². The fraction of sp³-hybridized carbons (Fsp3) is 0.500. The molecule has 0 radical (unpaired) electrons. The molecule has 0 aliphatic carbocycles. The zero-order valence-corrected chi connectivity index (χ0v) is 10.6. The fourth-order valence-corrected chi connectivity index (χ4v) is 1.39.